The molecular formula is C14H30N2S. The van der Waals surface area contributed by atoms with Crippen molar-refractivity contribution in [2.75, 3.05) is 31.6 Å². The van der Waals surface area contributed by atoms with Crippen molar-refractivity contribution in [1.29, 1.82) is 0 Å². The molecule has 0 radical (unpaired) electrons. The monoisotopic (exact) mass is 258 g/mol. The Balaban J connectivity index is 2.29. The van der Waals surface area contributed by atoms with Crippen molar-refractivity contribution in [1.82, 2.24) is 10.2 Å². The van der Waals surface area contributed by atoms with Gasteiger partial charge in [-0.2, -0.15) is 11.8 Å². The average Bonchev–Trinajstić information content (AvgIpc) is 2.55. The van der Waals surface area contributed by atoms with Crippen molar-refractivity contribution in [3.63, 3.8) is 0 Å². The molecule has 1 aliphatic heterocycles. The van der Waals surface area contributed by atoms with Crippen LogP contribution in [0.15, 0.2) is 0 Å². The van der Waals surface area contributed by atoms with Crippen molar-refractivity contribution in [2.24, 2.45) is 0 Å². The molecule has 0 aromatic heterocycles. The molecule has 1 fully saturated rings. The molecule has 1 aliphatic rings. The van der Waals surface area contributed by atoms with Gasteiger partial charge in [0.05, 0.1) is 0 Å². The number of nitrogens with zero attached hydrogens (tertiary/aromatic N) is 1. The van der Waals surface area contributed by atoms with Gasteiger partial charge >= 0.3 is 0 Å². The van der Waals surface area contributed by atoms with Crippen LogP contribution in [0.3, 0.4) is 0 Å². The molecule has 102 valence electrons. The molecule has 0 amide bonds. The zero-order chi connectivity index (χ0) is 12.5. The molecule has 2 unspecified atom stereocenters. The Bertz CT molecular complexity index is 187. The summed E-state index contributed by atoms with van der Waals surface area (Å²) in [7, 11) is 0. The lowest BCUT2D eigenvalue weighted by Gasteiger charge is -2.24. The van der Waals surface area contributed by atoms with Crippen LogP contribution < -0.4 is 5.32 Å². The Morgan fingerprint density at radius 2 is 2.12 bits per heavy atom. The highest BCUT2D eigenvalue weighted by atomic mass is 32.2. The predicted octanol–water partition coefficient (Wildman–Crippen LogP) is 2.98. The van der Waals surface area contributed by atoms with E-state index in [9.17, 15) is 0 Å². The molecule has 0 bridgehead atoms. The predicted molar refractivity (Wildman–Crippen MR) is 80.0 cm³/mol. The van der Waals surface area contributed by atoms with Crippen LogP contribution in [0.2, 0.25) is 0 Å². The molecule has 0 saturated carbocycles. The summed E-state index contributed by atoms with van der Waals surface area (Å²) in [6, 6.07) is 1.47. The summed E-state index contributed by atoms with van der Waals surface area (Å²) in [5, 5.41) is 3.86. The zero-order valence-electron chi connectivity index (χ0n) is 11.9. The Labute approximate surface area is 112 Å². The molecular weight excluding hydrogens is 228 g/mol. The van der Waals surface area contributed by atoms with Gasteiger partial charge < -0.3 is 10.2 Å². The number of nitrogens with one attached hydrogen (secondary N) is 1. The van der Waals surface area contributed by atoms with E-state index in [1.807, 2.05) is 11.8 Å². The van der Waals surface area contributed by atoms with Crippen LogP contribution in [0.1, 0.15) is 46.0 Å². The summed E-state index contributed by atoms with van der Waals surface area (Å²) in [5.74, 6) is 1.26. The summed E-state index contributed by atoms with van der Waals surface area (Å²) in [4.78, 5) is 2.64. The summed E-state index contributed by atoms with van der Waals surface area (Å²) in [6.07, 6.45) is 8.84. The molecule has 2 nitrogen and oxygen atoms in total. The fourth-order valence-corrected chi connectivity index (χ4v) is 3.41. The van der Waals surface area contributed by atoms with E-state index in [-0.39, 0.29) is 0 Å². The maximum Gasteiger partial charge on any atom is 0.0158 e. The van der Waals surface area contributed by atoms with E-state index in [0.717, 1.165) is 6.04 Å². The number of likely N-dealkylation sites (tertiary alicyclic amines) is 1. The number of hydrogen-bond donors (Lipinski definition) is 1. The van der Waals surface area contributed by atoms with E-state index in [4.69, 9.17) is 0 Å². The fraction of sp³-hybridized carbons (Fsp3) is 1.00. The van der Waals surface area contributed by atoms with Crippen LogP contribution in [-0.2, 0) is 0 Å². The Morgan fingerprint density at radius 3 is 2.76 bits per heavy atom. The Morgan fingerprint density at radius 1 is 1.29 bits per heavy atom. The molecule has 17 heavy (non-hydrogen) atoms. The van der Waals surface area contributed by atoms with Crippen molar-refractivity contribution < 1.29 is 0 Å². The molecule has 1 rings (SSSR count). The number of rotatable bonds is 7. The maximum absolute atomic E-state index is 3.86. The molecule has 1 saturated heterocycles. The summed E-state index contributed by atoms with van der Waals surface area (Å²) in [6.45, 7) is 8.47. The van der Waals surface area contributed by atoms with Crippen LogP contribution in [-0.4, -0.2) is 48.6 Å². The molecule has 0 spiro atoms. The summed E-state index contributed by atoms with van der Waals surface area (Å²) >= 11 is 1.96. The lowest BCUT2D eigenvalue weighted by atomic mass is 10.1. The minimum Gasteiger partial charge on any atom is -0.310 e. The van der Waals surface area contributed by atoms with E-state index >= 15 is 0 Å². The van der Waals surface area contributed by atoms with Gasteiger partial charge in [0.15, 0.2) is 0 Å². The highest BCUT2D eigenvalue weighted by Crippen LogP contribution is 2.13. The smallest absolute Gasteiger partial charge is 0.0158 e. The minimum atomic E-state index is 0.715. The fourth-order valence-electron chi connectivity index (χ4n) is 2.68. The Hall–Kier alpha value is 0.270. The van der Waals surface area contributed by atoms with Gasteiger partial charge in [0, 0.05) is 17.8 Å². The van der Waals surface area contributed by atoms with Gasteiger partial charge in [0.1, 0.15) is 0 Å². The van der Waals surface area contributed by atoms with E-state index in [2.05, 4.69) is 30.3 Å². The second-order valence-electron chi connectivity index (χ2n) is 5.20. The molecule has 0 aromatic carbocycles. The molecule has 3 heteroatoms. The summed E-state index contributed by atoms with van der Waals surface area (Å²) < 4.78 is 0. The Kier molecular flexibility index (Phi) is 8.33. The largest absolute Gasteiger partial charge is 0.310 e. The first-order valence-electron chi connectivity index (χ1n) is 7.27. The number of hydrogen-bond acceptors (Lipinski definition) is 3. The first-order valence-corrected chi connectivity index (χ1v) is 8.66. The minimum absolute atomic E-state index is 0.715. The maximum atomic E-state index is 3.86. The van der Waals surface area contributed by atoms with E-state index in [1.165, 1.54) is 57.5 Å². The van der Waals surface area contributed by atoms with Gasteiger partial charge in [-0.3, -0.25) is 0 Å². The van der Waals surface area contributed by atoms with Gasteiger partial charge in [-0.25, -0.2) is 0 Å². The van der Waals surface area contributed by atoms with Crippen LogP contribution in [0.5, 0.6) is 0 Å². The van der Waals surface area contributed by atoms with E-state index in [1.54, 1.807) is 0 Å². The first-order chi connectivity index (χ1) is 8.30. The third kappa shape index (κ3) is 6.12. The zero-order valence-corrected chi connectivity index (χ0v) is 12.7. The SMILES string of the molecule is CCCN1CCCC(NC(CC)CSC)CC1. The first kappa shape index (κ1) is 15.3. The molecule has 0 aliphatic carbocycles. The quantitative estimate of drug-likeness (QED) is 0.756. The highest BCUT2D eigenvalue weighted by molar-refractivity contribution is 7.98. The van der Waals surface area contributed by atoms with E-state index in [0.29, 0.717) is 6.04 Å². The van der Waals surface area contributed by atoms with Gasteiger partial charge in [-0.15, -0.1) is 0 Å². The van der Waals surface area contributed by atoms with Gasteiger partial charge in [0.25, 0.3) is 0 Å². The molecule has 2 atom stereocenters. The van der Waals surface area contributed by atoms with Crippen molar-refractivity contribution in [3.8, 4) is 0 Å². The van der Waals surface area contributed by atoms with Gasteiger partial charge in [-0.05, 0) is 58.0 Å². The van der Waals surface area contributed by atoms with Gasteiger partial charge in [0.2, 0.25) is 0 Å². The summed E-state index contributed by atoms with van der Waals surface area (Å²) in [5.41, 5.74) is 0. The van der Waals surface area contributed by atoms with Crippen molar-refractivity contribution >= 4 is 11.8 Å². The lowest BCUT2D eigenvalue weighted by Crippen LogP contribution is -2.40. The molecule has 0 aromatic rings. The van der Waals surface area contributed by atoms with Crippen LogP contribution >= 0.6 is 11.8 Å². The average molecular weight is 258 g/mol. The van der Waals surface area contributed by atoms with Crippen LogP contribution in [0.4, 0.5) is 0 Å². The van der Waals surface area contributed by atoms with Gasteiger partial charge in [-0.1, -0.05) is 13.8 Å². The number of thioether (sulfide) groups is 1. The molecule has 1 N–H and O–H groups in total. The standard InChI is InChI=1S/C14H30N2S/c1-4-9-16-10-6-7-14(8-11-16)15-13(5-2)12-17-3/h13-15H,4-12H2,1-3H3. The highest BCUT2D eigenvalue weighted by Gasteiger charge is 2.18. The third-order valence-corrected chi connectivity index (χ3v) is 4.43. The normalized spacial score (nSPS) is 24.5. The topological polar surface area (TPSA) is 15.3 Å². The third-order valence-electron chi connectivity index (χ3n) is 3.69. The van der Waals surface area contributed by atoms with Crippen molar-refractivity contribution in [2.45, 2.75) is 58.0 Å². The lowest BCUT2D eigenvalue weighted by molar-refractivity contribution is 0.281. The van der Waals surface area contributed by atoms with Crippen LogP contribution in [0.25, 0.3) is 0 Å². The van der Waals surface area contributed by atoms with Crippen molar-refractivity contribution in [3.05, 3.63) is 0 Å². The van der Waals surface area contributed by atoms with Crippen LogP contribution in [0, 0.1) is 0 Å². The molecule has 1 heterocycles. The van der Waals surface area contributed by atoms with E-state index < -0.39 is 0 Å². The second kappa shape index (κ2) is 9.23. The second-order valence-corrected chi connectivity index (χ2v) is 6.11.